The number of hydrogen-bond acceptors (Lipinski definition) is 5. The topological polar surface area (TPSA) is 76.2 Å². The van der Waals surface area contributed by atoms with E-state index in [2.05, 4.69) is 22.2 Å². The van der Waals surface area contributed by atoms with Gasteiger partial charge in [0.25, 0.3) is 0 Å². The molecule has 3 rings (SSSR count). The van der Waals surface area contributed by atoms with Gasteiger partial charge in [-0.05, 0) is 31.3 Å². The van der Waals surface area contributed by atoms with Crippen LogP contribution in [0.25, 0.3) is 0 Å². The monoisotopic (exact) mass is 373 g/mol. The Labute approximate surface area is 159 Å². The highest BCUT2D eigenvalue weighted by Gasteiger charge is 2.26. The minimum Gasteiger partial charge on any atom is -0.369 e. The molecule has 0 bridgehead atoms. The van der Waals surface area contributed by atoms with Gasteiger partial charge >= 0.3 is 11.8 Å². The van der Waals surface area contributed by atoms with Crippen molar-refractivity contribution in [2.24, 2.45) is 0 Å². The highest BCUT2D eigenvalue weighted by atomic mass is 16.2. The third-order valence-electron chi connectivity index (χ3n) is 5.20. The summed E-state index contributed by atoms with van der Waals surface area (Å²) in [5, 5.41) is 2.67. The van der Waals surface area contributed by atoms with E-state index in [1.807, 2.05) is 24.3 Å². The molecule has 2 saturated heterocycles. The quantitative estimate of drug-likeness (QED) is 0.743. The average Bonchev–Trinajstić information content (AvgIpc) is 2.68. The lowest BCUT2D eigenvalue weighted by Gasteiger charge is -2.34. The van der Waals surface area contributed by atoms with Crippen LogP contribution >= 0.6 is 0 Å². The maximum Gasteiger partial charge on any atom is 0.313 e. The van der Waals surface area contributed by atoms with Crippen LogP contribution in [-0.2, 0) is 14.4 Å². The molecule has 0 aliphatic carbocycles. The molecular weight excluding hydrogens is 346 g/mol. The van der Waals surface area contributed by atoms with Crippen LogP contribution in [0.3, 0.4) is 0 Å². The average molecular weight is 373 g/mol. The second kappa shape index (κ2) is 8.39. The molecule has 0 aromatic heterocycles. The molecule has 2 fully saturated rings. The smallest absolute Gasteiger partial charge is 0.313 e. The summed E-state index contributed by atoms with van der Waals surface area (Å²) in [6.45, 7) is 7.23. The van der Waals surface area contributed by atoms with Gasteiger partial charge in [-0.2, -0.15) is 0 Å². The molecule has 2 aliphatic heterocycles. The molecule has 0 atom stereocenters. The minimum atomic E-state index is -0.640. The van der Waals surface area contributed by atoms with E-state index in [0.29, 0.717) is 31.9 Å². The van der Waals surface area contributed by atoms with Crippen LogP contribution in [0.2, 0.25) is 0 Å². The van der Waals surface area contributed by atoms with Crippen LogP contribution in [0, 0.1) is 0 Å². The number of likely N-dealkylation sites (N-methyl/N-ethyl adjacent to an activating group) is 1. The maximum absolute atomic E-state index is 12.3. The van der Waals surface area contributed by atoms with Gasteiger partial charge in [0.15, 0.2) is 0 Å². The first kappa shape index (κ1) is 19.2. The van der Waals surface area contributed by atoms with Crippen LogP contribution in [0.15, 0.2) is 24.3 Å². The molecule has 8 nitrogen and oxygen atoms in total. The number of benzene rings is 1. The van der Waals surface area contributed by atoms with E-state index >= 15 is 0 Å². The van der Waals surface area contributed by atoms with Crippen molar-refractivity contribution in [3.8, 4) is 0 Å². The number of carbonyl (C=O) groups is 3. The summed E-state index contributed by atoms with van der Waals surface area (Å²) >= 11 is 0. The van der Waals surface area contributed by atoms with Crippen molar-refractivity contribution in [1.29, 1.82) is 0 Å². The van der Waals surface area contributed by atoms with Crippen LogP contribution in [0.4, 0.5) is 11.4 Å². The highest BCUT2D eigenvalue weighted by molar-refractivity contribution is 6.39. The van der Waals surface area contributed by atoms with Crippen molar-refractivity contribution in [2.75, 3.05) is 69.6 Å². The van der Waals surface area contributed by atoms with Crippen LogP contribution in [-0.4, -0.2) is 91.8 Å². The molecule has 0 spiro atoms. The fourth-order valence-electron chi connectivity index (χ4n) is 3.37. The Bertz CT molecular complexity index is 690. The molecule has 27 heavy (non-hydrogen) atoms. The van der Waals surface area contributed by atoms with Crippen LogP contribution in [0.1, 0.15) is 6.92 Å². The van der Waals surface area contributed by atoms with E-state index in [1.54, 1.807) is 4.90 Å². The van der Waals surface area contributed by atoms with Crippen molar-refractivity contribution in [3.05, 3.63) is 24.3 Å². The number of hydrogen-bond donors (Lipinski definition) is 1. The molecule has 1 N–H and O–H groups in total. The van der Waals surface area contributed by atoms with Crippen molar-refractivity contribution in [1.82, 2.24) is 14.7 Å². The molecule has 1 aromatic rings. The zero-order chi connectivity index (χ0) is 19.4. The van der Waals surface area contributed by atoms with Gasteiger partial charge < -0.3 is 24.9 Å². The van der Waals surface area contributed by atoms with Crippen LogP contribution < -0.4 is 10.2 Å². The first-order chi connectivity index (χ1) is 12.9. The second-order valence-electron chi connectivity index (χ2n) is 7.09. The fourth-order valence-corrected chi connectivity index (χ4v) is 3.37. The standard InChI is InChI=1S/C19H27N5O3/c1-15(25)22-11-13-24(14-12-22)19(27)18(26)20-16-3-5-17(6-4-16)23-9-7-21(2)8-10-23/h3-6H,7-14H2,1-2H3,(H,20,26). The van der Waals surface area contributed by atoms with Gasteiger partial charge in [0.1, 0.15) is 0 Å². The fraction of sp³-hybridized carbons (Fsp3) is 0.526. The molecule has 2 aliphatic rings. The van der Waals surface area contributed by atoms with Gasteiger partial charge in [0, 0.05) is 70.7 Å². The minimum absolute atomic E-state index is 0.00742. The van der Waals surface area contributed by atoms with Gasteiger partial charge in [0.2, 0.25) is 5.91 Å². The SMILES string of the molecule is CC(=O)N1CCN(C(=O)C(=O)Nc2ccc(N3CCN(C)CC3)cc2)CC1. The Morgan fingerprint density at radius 1 is 0.815 bits per heavy atom. The molecular formula is C19H27N5O3. The summed E-state index contributed by atoms with van der Waals surface area (Å²) in [4.78, 5) is 43.7. The highest BCUT2D eigenvalue weighted by Crippen LogP contribution is 2.19. The normalized spacial score (nSPS) is 18.4. The zero-order valence-electron chi connectivity index (χ0n) is 16.0. The summed E-state index contributed by atoms with van der Waals surface area (Å²) in [5.74, 6) is -1.20. The molecule has 0 saturated carbocycles. The second-order valence-corrected chi connectivity index (χ2v) is 7.09. The summed E-state index contributed by atoms with van der Waals surface area (Å²) < 4.78 is 0. The lowest BCUT2D eigenvalue weighted by atomic mass is 10.2. The number of piperazine rings is 2. The Hall–Kier alpha value is -2.61. The first-order valence-corrected chi connectivity index (χ1v) is 9.33. The summed E-state index contributed by atoms with van der Waals surface area (Å²) in [6, 6.07) is 7.59. The number of nitrogens with zero attached hydrogens (tertiary/aromatic N) is 4. The van der Waals surface area contributed by atoms with Gasteiger partial charge in [-0.25, -0.2) is 0 Å². The Balaban J connectivity index is 1.52. The van der Waals surface area contributed by atoms with Crippen molar-refractivity contribution in [3.63, 3.8) is 0 Å². The molecule has 2 heterocycles. The summed E-state index contributed by atoms with van der Waals surface area (Å²) in [7, 11) is 2.12. The van der Waals surface area contributed by atoms with Crippen molar-refractivity contribution >= 4 is 29.1 Å². The number of rotatable bonds is 2. The predicted molar refractivity (Wildman–Crippen MR) is 104 cm³/mol. The molecule has 0 unspecified atom stereocenters. The zero-order valence-corrected chi connectivity index (χ0v) is 16.0. The molecule has 1 aromatic carbocycles. The van der Waals surface area contributed by atoms with E-state index in [-0.39, 0.29) is 5.91 Å². The van der Waals surface area contributed by atoms with Gasteiger partial charge in [-0.15, -0.1) is 0 Å². The molecule has 8 heteroatoms. The third-order valence-corrected chi connectivity index (χ3v) is 5.20. The largest absolute Gasteiger partial charge is 0.369 e. The molecule has 0 radical (unpaired) electrons. The van der Waals surface area contributed by atoms with Gasteiger partial charge in [-0.3, -0.25) is 14.4 Å². The van der Waals surface area contributed by atoms with E-state index < -0.39 is 11.8 Å². The lowest BCUT2D eigenvalue weighted by Crippen LogP contribution is -2.52. The number of carbonyl (C=O) groups excluding carboxylic acids is 3. The summed E-state index contributed by atoms with van der Waals surface area (Å²) in [6.07, 6.45) is 0. The number of nitrogens with one attached hydrogen (secondary N) is 1. The number of amides is 3. The van der Waals surface area contributed by atoms with Gasteiger partial charge in [0.05, 0.1) is 0 Å². The van der Waals surface area contributed by atoms with E-state index in [9.17, 15) is 14.4 Å². The molecule has 146 valence electrons. The Morgan fingerprint density at radius 3 is 1.93 bits per heavy atom. The lowest BCUT2D eigenvalue weighted by molar-refractivity contribution is -0.145. The first-order valence-electron chi connectivity index (χ1n) is 9.33. The number of anilines is 2. The Kier molecular flexibility index (Phi) is 5.95. The maximum atomic E-state index is 12.3. The van der Waals surface area contributed by atoms with Crippen molar-refractivity contribution in [2.45, 2.75) is 6.92 Å². The van der Waals surface area contributed by atoms with E-state index in [4.69, 9.17) is 0 Å². The predicted octanol–water partition coefficient (Wildman–Crippen LogP) is 0.0676. The Morgan fingerprint density at radius 2 is 1.37 bits per heavy atom. The van der Waals surface area contributed by atoms with E-state index in [1.165, 1.54) is 11.8 Å². The van der Waals surface area contributed by atoms with Crippen molar-refractivity contribution < 1.29 is 14.4 Å². The third kappa shape index (κ3) is 4.77. The summed E-state index contributed by atoms with van der Waals surface area (Å²) in [5.41, 5.74) is 1.72. The van der Waals surface area contributed by atoms with Gasteiger partial charge in [-0.1, -0.05) is 0 Å². The van der Waals surface area contributed by atoms with E-state index in [0.717, 1.165) is 31.9 Å². The van der Waals surface area contributed by atoms with Crippen LogP contribution in [0.5, 0.6) is 0 Å². The molecule has 3 amide bonds.